The van der Waals surface area contributed by atoms with Crippen LogP contribution in [0.4, 0.5) is 0 Å². The van der Waals surface area contributed by atoms with Crippen molar-refractivity contribution in [1.82, 2.24) is 14.9 Å². The molecule has 2 rings (SSSR count). The Balaban J connectivity index is 2.02. The molecule has 0 saturated heterocycles. The topological polar surface area (TPSA) is 55.0 Å². The number of thiocarbonyl (C=S) groups is 1. The summed E-state index contributed by atoms with van der Waals surface area (Å²) in [5, 5.41) is 0. The van der Waals surface area contributed by atoms with Crippen molar-refractivity contribution in [1.29, 1.82) is 0 Å². The lowest BCUT2D eigenvalue weighted by Gasteiger charge is -2.16. The fourth-order valence-corrected chi connectivity index (χ4v) is 2.15. The highest BCUT2D eigenvalue weighted by Gasteiger charge is 2.05. The van der Waals surface area contributed by atoms with E-state index < -0.39 is 0 Å². The third-order valence-electron chi connectivity index (χ3n) is 2.91. The molecule has 0 radical (unpaired) electrons. The lowest BCUT2D eigenvalue weighted by atomic mass is 10.2. The Labute approximate surface area is 124 Å². The van der Waals surface area contributed by atoms with Crippen molar-refractivity contribution in [2.75, 3.05) is 7.05 Å². The normalized spacial score (nSPS) is 10.8. The summed E-state index contributed by atoms with van der Waals surface area (Å²) in [5.74, 6) is 0. The van der Waals surface area contributed by atoms with E-state index in [4.69, 9.17) is 18.0 Å². The molecule has 0 aliphatic carbocycles. The molecule has 0 aromatic carbocycles. The average molecular weight is 286 g/mol. The summed E-state index contributed by atoms with van der Waals surface area (Å²) in [6, 6.07) is 9.98. The number of pyridine rings is 2. The monoisotopic (exact) mass is 286 g/mol. The number of hydrogen-bond donors (Lipinski definition) is 1. The highest BCUT2D eigenvalue weighted by Crippen LogP contribution is 2.08. The van der Waals surface area contributed by atoms with Crippen LogP contribution in [0.1, 0.15) is 22.6 Å². The summed E-state index contributed by atoms with van der Waals surface area (Å²) in [4.78, 5) is 11.2. The van der Waals surface area contributed by atoms with Gasteiger partial charge in [0, 0.05) is 25.0 Å². The molecular formula is C15H18N4S. The van der Waals surface area contributed by atoms with Gasteiger partial charge in [0.25, 0.3) is 0 Å². The predicted molar refractivity (Wildman–Crippen MR) is 84.3 cm³/mol. The quantitative estimate of drug-likeness (QED) is 0.853. The van der Waals surface area contributed by atoms with Crippen molar-refractivity contribution >= 4 is 17.2 Å². The van der Waals surface area contributed by atoms with Gasteiger partial charge in [-0.1, -0.05) is 18.3 Å². The molecule has 0 amide bonds. The van der Waals surface area contributed by atoms with E-state index in [2.05, 4.69) is 21.9 Å². The first kappa shape index (κ1) is 14.6. The molecule has 20 heavy (non-hydrogen) atoms. The van der Waals surface area contributed by atoms with Crippen LogP contribution in [0.25, 0.3) is 0 Å². The summed E-state index contributed by atoms with van der Waals surface area (Å²) in [6.45, 7) is 3.60. The van der Waals surface area contributed by atoms with Gasteiger partial charge in [-0.2, -0.15) is 0 Å². The lowest BCUT2D eigenvalue weighted by Crippen LogP contribution is -2.19. The van der Waals surface area contributed by atoms with Gasteiger partial charge >= 0.3 is 0 Å². The van der Waals surface area contributed by atoms with Gasteiger partial charge in [-0.25, -0.2) is 0 Å². The molecule has 2 N–H and O–H groups in total. The molecule has 2 aromatic rings. The number of hydrogen-bond acceptors (Lipinski definition) is 4. The van der Waals surface area contributed by atoms with E-state index in [9.17, 15) is 0 Å². The maximum Gasteiger partial charge on any atom is 0.122 e. The van der Waals surface area contributed by atoms with Crippen molar-refractivity contribution < 1.29 is 0 Å². The van der Waals surface area contributed by atoms with E-state index in [-0.39, 0.29) is 0 Å². The Kier molecular flexibility index (Phi) is 4.76. The lowest BCUT2D eigenvalue weighted by molar-refractivity contribution is 0.315. The van der Waals surface area contributed by atoms with Crippen LogP contribution in [-0.2, 0) is 13.1 Å². The first-order chi connectivity index (χ1) is 9.54. The van der Waals surface area contributed by atoms with Crippen molar-refractivity contribution in [2.45, 2.75) is 20.0 Å². The van der Waals surface area contributed by atoms with Crippen LogP contribution >= 0.6 is 12.2 Å². The average Bonchev–Trinajstić information content (AvgIpc) is 2.38. The van der Waals surface area contributed by atoms with Gasteiger partial charge in [-0.05, 0) is 43.8 Å². The molecule has 0 bridgehead atoms. The van der Waals surface area contributed by atoms with E-state index in [1.54, 1.807) is 6.20 Å². The van der Waals surface area contributed by atoms with Crippen LogP contribution in [0.2, 0.25) is 0 Å². The summed E-state index contributed by atoms with van der Waals surface area (Å²) in [6.07, 6.45) is 1.74. The van der Waals surface area contributed by atoms with Gasteiger partial charge in [0.1, 0.15) is 4.99 Å². The number of rotatable bonds is 5. The van der Waals surface area contributed by atoms with Crippen LogP contribution in [0.5, 0.6) is 0 Å². The molecule has 0 spiro atoms. The van der Waals surface area contributed by atoms with E-state index in [0.717, 1.165) is 30.0 Å². The molecule has 0 fully saturated rings. The second-order valence-corrected chi connectivity index (χ2v) is 5.30. The fraction of sp³-hybridized carbons (Fsp3) is 0.267. The molecule has 2 heterocycles. The minimum absolute atomic E-state index is 0.329. The Hall–Kier alpha value is -1.85. The third-order valence-corrected chi connectivity index (χ3v) is 3.12. The van der Waals surface area contributed by atoms with Crippen molar-refractivity contribution in [3.8, 4) is 0 Å². The largest absolute Gasteiger partial charge is 0.388 e. The van der Waals surface area contributed by atoms with E-state index in [0.29, 0.717) is 10.7 Å². The Morgan fingerprint density at radius 1 is 1.30 bits per heavy atom. The molecule has 0 aliphatic heterocycles. The summed E-state index contributed by atoms with van der Waals surface area (Å²) < 4.78 is 0. The predicted octanol–water partition coefficient (Wildman–Crippen LogP) is 2.05. The molecule has 4 nitrogen and oxygen atoms in total. The van der Waals surface area contributed by atoms with Gasteiger partial charge in [0.2, 0.25) is 0 Å². The zero-order valence-electron chi connectivity index (χ0n) is 11.7. The van der Waals surface area contributed by atoms with Crippen molar-refractivity contribution in [3.05, 3.63) is 59.2 Å². The number of nitrogens with two attached hydrogens (primary N) is 1. The van der Waals surface area contributed by atoms with Crippen LogP contribution in [0, 0.1) is 6.92 Å². The van der Waals surface area contributed by atoms with Crippen LogP contribution in [-0.4, -0.2) is 26.9 Å². The summed E-state index contributed by atoms with van der Waals surface area (Å²) in [7, 11) is 2.06. The highest BCUT2D eigenvalue weighted by atomic mass is 32.1. The highest BCUT2D eigenvalue weighted by molar-refractivity contribution is 7.80. The first-order valence-corrected chi connectivity index (χ1v) is 6.81. The SMILES string of the molecule is Cc1cccc(CN(C)Cc2ccnc(C(N)=S)c2)n1. The molecule has 0 atom stereocenters. The van der Waals surface area contributed by atoms with Crippen molar-refractivity contribution in [3.63, 3.8) is 0 Å². The van der Waals surface area contributed by atoms with Crippen LogP contribution in [0.15, 0.2) is 36.5 Å². The number of nitrogens with zero attached hydrogens (tertiary/aromatic N) is 3. The van der Waals surface area contributed by atoms with Gasteiger partial charge in [0.15, 0.2) is 0 Å². The number of aromatic nitrogens is 2. The van der Waals surface area contributed by atoms with Gasteiger partial charge in [0.05, 0.1) is 11.4 Å². The molecule has 0 saturated carbocycles. The summed E-state index contributed by atoms with van der Waals surface area (Å²) in [5.41, 5.74) is 9.51. The molecule has 0 unspecified atom stereocenters. The van der Waals surface area contributed by atoms with E-state index in [1.165, 1.54) is 0 Å². The number of aryl methyl sites for hydroxylation is 1. The van der Waals surface area contributed by atoms with E-state index in [1.807, 2.05) is 37.3 Å². The standard InChI is InChI=1S/C15H18N4S/c1-11-4-3-5-13(18-11)10-19(2)9-12-6-7-17-14(8-12)15(16)20/h3-8H,9-10H2,1-2H3,(H2,16,20). The molecule has 104 valence electrons. The fourth-order valence-electron chi connectivity index (χ4n) is 2.04. The minimum Gasteiger partial charge on any atom is -0.388 e. The van der Waals surface area contributed by atoms with Gasteiger partial charge in [-0.15, -0.1) is 0 Å². The smallest absolute Gasteiger partial charge is 0.122 e. The zero-order valence-corrected chi connectivity index (χ0v) is 12.5. The van der Waals surface area contributed by atoms with Gasteiger partial charge < -0.3 is 5.73 Å². The Bertz CT molecular complexity index is 612. The first-order valence-electron chi connectivity index (χ1n) is 6.40. The Morgan fingerprint density at radius 2 is 2.10 bits per heavy atom. The molecule has 0 aliphatic rings. The maximum atomic E-state index is 5.60. The zero-order chi connectivity index (χ0) is 14.5. The summed E-state index contributed by atoms with van der Waals surface area (Å²) >= 11 is 4.95. The third kappa shape index (κ3) is 4.08. The molecular weight excluding hydrogens is 268 g/mol. The second kappa shape index (κ2) is 6.54. The van der Waals surface area contributed by atoms with Gasteiger partial charge in [-0.3, -0.25) is 14.9 Å². The van der Waals surface area contributed by atoms with Crippen molar-refractivity contribution in [2.24, 2.45) is 5.73 Å². The van der Waals surface area contributed by atoms with E-state index >= 15 is 0 Å². The maximum absolute atomic E-state index is 5.60. The Morgan fingerprint density at radius 3 is 2.80 bits per heavy atom. The minimum atomic E-state index is 0.329. The van der Waals surface area contributed by atoms with Crippen LogP contribution < -0.4 is 5.73 Å². The molecule has 5 heteroatoms. The second-order valence-electron chi connectivity index (χ2n) is 4.86. The molecule has 2 aromatic heterocycles. The van der Waals surface area contributed by atoms with Crippen LogP contribution in [0.3, 0.4) is 0 Å².